The van der Waals surface area contributed by atoms with Gasteiger partial charge in [-0.15, -0.1) is 24.2 Å². The summed E-state index contributed by atoms with van der Waals surface area (Å²) in [6.45, 7) is 6.23. The average molecular weight is 355 g/mol. The van der Waals surface area contributed by atoms with Crippen molar-refractivity contribution in [3.05, 3.63) is 35.9 Å². The lowest BCUT2D eigenvalue weighted by atomic mass is 9.92. The molecule has 2 aliphatic heterocycles. The maximum atomic E-state index is 12.7. The van der Waals surface area contributed by atoms with Crippen LogP contribution in [0.2, 0.25) is 0 Å². The Hall–Kier alpha value is -0.710. The number of fused-ring (bicyclic) bond motifs is 1. The van der Waals surface area contributed by atoms with Gasteiger partial charge in [0, 0.05) is 18.8 Å². The van der Waals surface area contributed by atoms with E-state index in [9.17, 15) is 4.79 Å². The third kappa shape index (κ3) is 4.88. The van der Waals surface area contributed by atoms with Crippen molar-refractivity contribution in [2.75, 3.05) is 26.2 Å². The summed E-state index contributed by atoms with van der Waals surface area (Å²) in [6.07, 6.45) is 2.33. The lowest BCUT2D eigenvalue weighted by Gasteiger charge is -2.24. The van der Waals surface area contributed by atoms with E-state index in [1.165, 1.54) is 18.4 Å². The second-order valence-corrected chi connectivity index (χ2v) is 7.85. The minimum atomic E-state index is 0. The molecule has 2 heterocycles. The van der Waals surface area contributed by atoms with Crippen molar-refractivity contribution < 1.29 is 4.79 Å². The number of likely N-dealkylation sites (tertiary alicyclic amines) is 1. The number of nitrogens with one attached hydrogen (secondary N) is 1. The summed E-state index contributed by atoms with van der Waals surface area (Å²) < 4.78 is 0. The fourth-order valence-corrected chi connectivity index (χ4v) is 4.49. The number of hydrogen-bond donors (Lipinski definition) is 1. The van der Waals surface area contributed by atoms with Crippen LogP contribution in [0.25, 0.3) is 0 Å². The smallest absolute Gasteiger partial charge is 0.235 e. The molecule has 1 unspecified atom stereocenters. The molecule has 2 aliphatic rings. The van der Waals surface area contributed by atoms with Gasteiger partial charge in [0.25, 0.3) is 0 Å². The van der Waals surface area contributed by atoms with E-state index >= 15 is 0 Å². The van der Waals surface area contributed by atoms with E-state index in [2.05, 4.69) is 41.4 Å². The standard InChI is InChI=1S/C18H26N2OS.ClH/c1-14(22-13-15-5-3-2-4-6-15)18(21)20-9-7-16-11-19-12-17(16)8-10-20;/h2-6,14,16-17,19H,7-13H2,1H3;1H/t14?,16-,17+;. The number of benzene rings is 1. The van der Waals surface area contributed by atoms with Gasteiger partial charge in [-0.25, -0.2) is 0 Å². The van der Waals surface area contributed by atoms with Crippen molar-refractivity contribution in [2.24, 2.45) is 11.8 Å². The Morgan fingerprint density at radius 3 is 2.43 bits per heavy atom. The van der Waals surface area contributed by atoms with E-state index < -0.39 is 0 Å². The molecule has 0 spiro atoms. The Bertz CT molecular complexity index is 485. The maximum Gasteiger partial charge on any atom is 0.235 e. The van der Waals surface area contributed by atoms with Gasteiger partial charge in [-0.05, 0) is 50.3 Å². The van der Waals surface area contributed by atoms with Gasteiger partial charge >= 0.3 is 0 Å². The first-order valence-corrected chi connectivity index (χ1v) is 9.44. The molecule has 3 rings (SSSR count). The van der Waals surface area contributed by atoms with Gasteiger partial charge in [-0.1, -0.05) is 30.3 Å². The summed E-state index contributed by atoms with van der Waals surface area (Å²) in [4.78, 5) is 14.8. The van der Waals surface area contributed by atoms with Gasteiger partial charge in [0.1, 0.15) is 0 Å². The first kappa shape index (κ1) is 18.6. The number of carbonyl (C=O) groups excluding carboxylic acids is 1. The number of amides is 1. The summed E-state index contributed by atoms with van der Waals surface area (Å²) in [6, 6.07) is 10.4. The summed E-state index contributed by atoms with van der Waals surface area (Å²) in [5.74, 6) is 2.81. The van der Waals surface area contributed by atoms with Crippen LogP contribution in [-0.2, 0) is 10.5 Å². The van der Waals surface area contributed by atoms with E-state index in [0.717, 1.165) is 43.8 Å². The summed E-state index contributed by atoms with van der Waals surface area (Å²) in [5.41, 5.74) is 1.30. The maximum absolute atomic E-state index is 12.7. The lowest BCUT2D eigenvalue weighted by molar-refractivity contribution is -0.130. The van der Waals surface area contributed by atoms with Crippen molar-refractivity contribution in [2.45, 2.75) is 30.8 Å². The van der Waals surface area contributed by atoms with Crippen LogP contribution in [0, 0.1) is 11.8 Å². The molecule has 128 valence electrons. The van der Waals surface area contributed by atoms with Crippen LogP contribution in [-0.4, -0.2) is 42.2 Å². The third-order valence-electron chi connectivity index (χ3n) is 5.02. The van der Waals surface area contributed by atoms with Crippen molar-refractivity contribution in [1.82, 2.24) is 10.2 Å². The Labute approximate surface area is 150 Å². The average Bonchev–Trinajstić information content (AvgIpc) is 2.91. The minimum absolute atomic E-state index is 0. The first-order chi connectivity index (χ1) is 10.7. The molecule has 2 saturated heterocycles. The van der Waals surface area contributed by atoms with Crippen molar-refractivity contribution >= 4 is 30.1 Å². The van der Waals surface area contributed by atoms with Crippen LogP contribution in [0.3, 0.4) is 0 Å². The molecule has 0 radical (unpaired) electrons. The van der Waals surface area contributed by atoms with Gasteiger partial charge < -0.3 is 10.2 Å². The second-order valence-electron chi connectivity index (χ2n) is 6.52. The quantitative estimate of drug-likeness (QED) is 0.901. The first-order valence-electron chi connectivity index (χ1n) is 8.39. The Kier molecular flexibility index (Phi) is 7.25. The van der Waals surface area contributed by atoms with E-state index in [1.54, 1.807) is 11.8 Å². The molecule has 5 heteroatoms. The van der Waals surface area contributed by atoms with Crippen LogP contribution in [0.5, 0.6) is 0 Å². The van der Waals surface area contributed by atoms with Crippen LogP contribution in [0.15, 0.2) is 30.3 Å². The predicted octanol–water partition coefficient (Wildman–Crippen LogP) is 3.19. The van der Waals surface area contributed by atoms with Crippen LogP contribution < -0.4 is 5.32 Å². The highest BCUT2D eigenvalue weighted by molar-refractivity contribution is 7.99. The highest BCUT2D eigenvalue weighted by Gasteiger charge is 2.32. The molecule has 1 aromatic carbocycles. The zero-order valence-corrected chi connectivity index (χ0v) is 15.4. The molecule has 0 bridgehead atoms. The van der Waals surface area contributed by atoms with E-state index in [1.807, 2.05) is 6.07 Å². The highest BCUT2D eigenvalue weighted by atomic mass is 35.5. The summed E-state index contributed by atoms with van der Waals surface area (Å²) >= 11 is 1.76. The SMILES string of the molecule is CC(SCc1ccccc1)C(=O)N1CC[C@@H]2CNC[C@@H]2CC1.Cl. The van der Waals surface area contributed by atoms with Crippen molar-refractivity contribution in [3.63, 3.8) is 0 Å². The molecule has 3 nitrogen and oxygen atoms in total. The fraction of sp³-hybridized carbons (Fsp3) is 0.611. The zero-order chi connectivity index (χ0) is 15.4. The molecule has 2 fully saturated rings. The normalized spacial score (nSPS) is 25.2. The van der Waals surface area contributed by atoms with Gasteiger partial charge in [0.05, 0.1) is 5.25 Å². The predicted molar refractivity (Wildman–Crippen MR) is 100 cm³/mol. The lowest BCUT2D eigenvalue weighted by Crippen LogP contribution is -2.37. The zero-order valence-electron chi connectivity index (χ0n) is 13.7. The number of rotatable bonds is 4. The molecule has 1 aromatic rings. The number of carbonyl (C=O) groups is 1. The Morgan fingerprint density at radius 1 is 1.22 bits per heavy atom. The Balaban J connectivity index is 0.00000192. The molecule has 3 atom stereocenters. The largest absolute Gasteiger partial charge is 0.342 e. The third-order valence-corrected chi connectivity index (χ3v) is 6.22. The van der Waals surface area contributed by atoms with Gasteiger partial charge in [-0.3, -0.25) is 4.79 Å². The number of thioether (sulfide) groups is 1. The molecule has 0 aromatic heterocycles. The molecular weight excluding hydrogens is 328 g/mol. The Morgan fingerprint density at radius 2 is 1.83 bits per heavy atom. The molecule has 0 aliphatic carbocycles. The number of hydrogen-bond acceptors (Lipinski definition) is 3. The van der Waals surface area contributed by atoms with Crippen molar-refractivity contribution in [1.29, 1.82) is 0 Å². The van der Waals surface area contributed by atoms with E-state index in [-0.39, 0.29) is 17.7 Å². The topological polar surface area (TPSA) is 32.3 Å². The highest BCUT2D eigenvalue weighted by Crippen LogP contribution is 2.28. The van der Waals surface area contributed by atoms with E-state index in [0.29, 0.717) is 5.91 Å². The molecule has 1 amide bonds. The van der Waals surface area contributed by atoms with Gasteiger partial charge in [0.2, 0.25) is 5.91 Å². The summed E-state index contributed by atoms with van der Waals surface area (Å²) in [7, 11) is 0. The van der Waals surface area contributed by atoms with Crippen molar-refractivity contribution in [3.8, 4) is 0 Å². The minimum Gasteiger partial charge on any atom is -0.342 e. The molecule has 23 heavy (non-hydrogen) atoms. The molecular formula is C18H27ClN2OS. The van der Waals surface area contributed by atoms with Gasteiger partial charge in [0.15, 0.2) is 0 Å². The molecule has 0 saturated carbocycles. The fourth-order valence-electron chi connectivity index (χ4n) is 3.56. The van der Waals surface area contributed by atoms with Crippen LogP contribution in [0.4, 0.5) is 0 Å². The molecule has 1 N–H and O–H groups in total. The van der Waals surface area contributed by atoms with Gasteiger partial charge in [-0.2, -0.15) is 0 Å². The second kappa shape index (κ2) is 8.95. The monoisotopic (exact) mass is 354 g/mol. The number of halogens is 1. The van der Waals surface area contributed by atoms with Crippen LogP contribution in [0.1, 0.15) is 25.3 Å². The number of nitrogens with zero attached hydrogens (tertiary/aromatic N) is 1. The summed E-state index contributed by atoms with van der Waals surface area (Å²) in [5, 5.41) is 3.54. The van der Waals surface area contributed by atoms with Crippen LogP contribution >= 0.6 is 24.2 Å². The van der Waals surface area contributed by atoms with E-state index in [4.69, 9.17) is 0 Å².